The van der Waals surface area contributed by atoms with E-state index in [1.807, 2.05) is 0 Å². The fourth-order valence-electron chi connectivity index (χ4n) is 0.321. The molecule has 0 bridgehead atoms. The molecule has 0 saturated heterocycles. The van der Waals surface area contributed by atoms with Crippen molar-refractivity contribution in [1.29, 1.82) is 0 Å². The van der Waals surface area contributed by atoms with Crippen molar-refractivity contribution < 1.29 is 50.4 Å². The average molecular weight is 250 g/mol. The summed E-state index contributed by atoms with van der Waals surface area (Å²) in [6.45, 7) is 7.88. The molecule has 0 aliphatic rings. The molecule has 0 heterocycles. The van der Waals surface area contributed by atoms with E-state index in [1.54, 1.807) is 0 Å². The van der Waals surface area contributed by atoms with Crippen LogP contribution >= 0.6 is 0 Å². The van der Waals surface area contributed by atoms with Gasteiger partial charge in [-0.1, -0.05) is 0 Å². The zero-order valence-electron chi connectivity index (χ0n) is 8.36. The van der Waals surface area contributed by atoms with E-state index in [4.69, 9.17) is 0 Å². The minimum Gasteiger partial charge on any atom is -0.421 e. The first-order valence-electron chi connectivity index (χ1n) is 3.34. The number of rotatable bonds is 0. The van der Waals surface area contributed by atoms with Gasteiger partial charge in [-0.15, -0.1) is 0 Å². The van der Waals surface area contributed by atoms with E-state index in [0.29, 0.717) is 0 Å². The molecule has 0 aromatic rings. The molecule has 0 amide bonds. The molecule has 0 unspecified atom stereocenters. The second kappa shape index (κ2) is 10.8. The summed E-state index contributed by atoms with van der Waals surface area (Å²) in [6.07, 6.45) is 0. The topological polar surface area (TPSA) is 86.7 Å². The largest absolute Gasteiger partial charge is 2.00 e. The second-order valence-electron chi connectivity index (χ2n) is 1.93. The zero-order valence-corrected chi connectivity index (χ0v) is 9.93. The summed E-state index contributed by atoms with van der Waals surface area (Å²) in [7, 11) is 0. The van der Waals surface area contributed by atoms with Crippen LogP contribution in [0.5, 0.6) is 0 Å². The van der Waals surface area contributed by atoms with Crippen molar-refractivity contribution >= 4 is 23.9 Å². The van der Waals surface area contributed by atoms with Crippen molar-refractivity contribution in [3.05, 3.63) is 13.8 Å². The van der Waals surface area contributed by atoms with E-state index in [1.165, 1.54) is 0 Å². The van der Waals surface area contributed by atoms with E-state index in [2.05, 4.69) is 23.3 Å². The summed E-state index contributed by atoms with van der Waals surface area (Å²) < 4.78 is 7.72. The third kappa shape index (κ3) is 32.4. The van der Waals surface area contributed by atoms with Crippen LogP contribution in [-0.2, 0) is 50.4 Å². The van der Waals surface area contributed by atoms with Crippen molar-refractivity contribution in [3.8, 4) is 0 Å². The Labute approximate surface area is 102 Å². The molecular formula is C8H10O6Ti. The van der Waals surface area contributed by atoms with E-state index < -0.39 is 23.9 Å². The monoisotopic (exact) mass is 250 g/mol. The van der Waals surface area contributed by atoms with Crippen LogP contribution in [0, 0.1) is 13.8 Å². The molecule has 15 heavy (non-hydrogen) atoms. The predicted octanol–water partition coefficient (Wildman–Crippen LogP) is -0.182. The smallest absolute Gasteiger partial charge is 0.421 e. The van der Waals surface area contributed by atoms with Crippen molar-refractivity contribution in [2.24, 2.45) is 0 Å². The Morgan fingerprint density at radius 1 is 0.800 bits per heavy atom. The molecule has 7 heteroatoms. The minimum atomic E-state index is -0.813. The van der Waals surface area contributed by atoms with Gasteiger partial charge in [0.1, 0.15) is 0 Å². The molecule has 0 atom stereocenters. The van der Waals surface area contributed by atoms with E-state index in [9.17, 15) is 19.2 Å². The maximum absolute atomic E-state index is 9.77. The molecule has 0 rings (SSSR count). The van der Waals surface area contributed by atoms with Gasteiger partial charge < -0.3 is 9.47 Å². The van der Waals surface area contributed by atoms with Crippen LogP contribution in [0.3, 0.4) is 0 Å². The summed E-state index contributed by atoms with van der Waals surface area (Å²) in [4.78, 5) is 38.9. The van der Waals surface area contributed by atoms with Gasteiger partial charge in [0.2, 0.25) is 0 Å². The Hall–Kier alpha value is -1.27. The second-order valence-corrected chi connectivity index (χ2v) is 1.93. The van der Waals surface area contributed by atoms with Crippen LogP contribution in [0.15, 0.2) is 0 Å². The van der Waals surface area contributed by atoms with E-state index in [-0.39, 0.29) is 21.7 Å². The Bertz CT molecular complexity index is 198. The molecule has 0 aliphatic carbocycles. The summed E-state index contributed by atoms with van der Waals surface area (Å²) >= 11 is 0. The van der Waals surface area contributed by atoms with Gasteiger partial charge in [-0.25, -0.2) is 0 Å². The van der Waals surface area contributed by atoms with Gasteiger partial charge in [-0.3, -0.25) is 33.0 Å². The first-order valence-corrected chi connectivity index (χ1v) is 3.34. The van der Waals surface area contributed by atoms with Crippen molar-refractivity contribution in [1.82, 2.24) is 0 Å². The molecule has 82 valence electrons. The number of carbonyl (C=O) groups is 4. The van der Waals surface area contributed by atoms with Gasteiger partial charge in [0, 0.05) is 13.8 Å². The molecule has 0 spiro atoms. The van der Waals surface area contributed by atoms with Crippen LogP contribution in [-0.4, -0.2) is 23.9 Å². The quantitative estimate of drug-likeness (QED) is 0.256. The van der Waals surface area contributed by atoms with Crippen LogP contribution in [0.2, 0.25) is 0 Å². The third-order valence-electron chi connectivity index (χ3n) is 0.515. The first kappa shape index (κ1) is 19.3. The third-order valence-corrected chi connectivity index (χ3v) is 0.515. The summed E-state index contributed by atoms with van der Waals surface area (Å²) in [6, 6.07) is 0. The number of hydrogen-bond donors (Lipinski definition) is 0. The standard InChI is InChI=1S/2C4H5O3.Ti/c2*1-3(5)7-4(2)6;/h2*1H2,2H3;/q2*-1;+2. The molecule has 0 fully saturated rings. The first-order chi connectivity index (χ1) is 6.25. The van der Waals surface area contributed by atoms with Gasteiger partial charge in [-0.05, 0) is 0 Å². The van der Waals surface area contributed by atoms with Crippen molar-refractivity contribution in [2.45, 2.75) is 13.8 Å². The molecular weight excluding hydrogens is 240 g/mol. The van der Waals surface area contributed by atoms with Gasteiger partial charge >= 0.3 is 33.7 Å². The molecule has 6 nitrogen and oxygen atoms in total. The fourth-order valence-corrected chi connectivity index (χ4v) is 0.321. The van der Waals surface area contributed by atoms with Gasteiger partial charge in [0.25, 0.3) is 0 Å². The maximum Gasteiger partial charge on any atom is 2.00 e. The summed E-state index contributed by atoms with van der Waals surface area (Å²) in [5.41, 5.74) is 0. The Morgan fingerprint density at radius 3 is 1.00 bits per heavy atom. The van der Waals surface area contributed by atoms with Crippen LogP contribution in [0.1, 0.15) is 13.8 Å². The van der Waals surface area contributed by atoms with Crippen molar-refractivity contribution in [3.63, 3.8) is 0 Å². The Kier molecular flexibility index (Phi) is 13.9. The maximum atomic E-state index is 9.77. The number of hydrogen-bond acceptors (Lipinski definition) is 6. The molecule has 0 aliphatic heterocycles. The summed E-state index contributed by atoms with van der Waals surface area (Å²) in [5.74, 6) is -2.88. The molecule has 0 aromatic carbocycles. The van der Waals surface area contributed by atoms with Crippen LogP contribution in [0.25, 0.3) is 0 Å². The molecule has 0 aromatic heterocycles. The predicted molar refractivity (Wildman–Crippen MR) is 44.3 cm³/mol. The average Bonchev–Trinajstić information content (AvgIpc) is 1.79. The molecule has 0 saturated carbocycles. The van der Waals surface area contributed by atoms with Crippen LogP contribution < -0.4 is 0 Å². The molecule has 0 N–H and O–H groups in total. The number of ether oxygens (including phenoxy) is 2. The van der Waals surface area contributed by atoms with Gasteiger partial charge in [0.05, 0.1) is 0 Å². The Morgan fingerprint density at radius 2 is 1.00 bits per heavy atom. The van der Waals surface area contributed by atoms with Crippen molar-refractivity contribution in [2.75, 3.05) is 0 Å². The zero-order chi connectivity index (χ0) is 11.7. The Balaban J connectivity index is -0.000000180. The van der Waals surface area contributed by atoms with Gasteiger partial charge in [0.15, 0.2) is 11.9 Å². The normalized spacial score (nSPS) is 7.07. The SMILES string of the molecule is [CH2-]C(=O)OC(C)=O.[CH2-]C(=O)OC(C)=O.[Ti+2]. The van der Waals surface area contributed by atoms with E-state index >= 15 is 0 Å². The molecule has 0 radical (unpaired) electrons. The van der Waals surface area contributed by atoms with Gasteiger partial charge in [-0.2, -0.15) is 0 Å². The van der Waals surface area contributed by atoms with E-state index in [0.717, 1.165) is 13.8 Å². The summed E-state index contributed by atoms with van der Waals surface area (Å²) in [5, 5.41) is 0. The number of esters is 4. The minimum absolute atomic E-state index is 0. The fraction of sp³-hybridized carbons (Fsp3) is 0.250. The van der Waals surface area contributed by atoms with Crippen LogP contribution in [0.4, 0.5) is 0 Å². The number of carbonyl (C=O) groups excluding carboxylic acids is 4.